The second-order valence-electron chi connectivity index (χ2n) is 8.13. The van der Waals surface area contributed by atoms with Gasteiger partial charge in [-0.05, 0) is 18.1 Å². The van der Waals surface area contributed by atoms with Crippen LogP contribution >= 0.6 is 0 Å². The SMILES string of the molecule is COc1cc2c(cc1NC(=O)NCC1CN(CC(C)C)CCO1)oc1ccccc12. The van der Waals surface area contributed by atoms with Gasteiger partial charge in [0.1, 0.15) is 16.9 Å². The number of morpholine rings is 1. The number of para-hydroxylation sites is 1. The summed E-state index contributed by atoms with van der Waals surface area (Å²) in [4.78, 5) is 14.9. The minimum absolute atomic E-state index is 0.0111. The highest BCUT2D eigenvalue weighted by molar-refractivity contribution is 6.07. The molecular formula is C23H29N3O4. The highest BCUT2D eigenvalue weighted by atomic mass is 16.5. The van der Waals surface area contributed by atoms with Crippen molar-refractivity contribution in [1.82, 2.24) is 10.2 Å². The van der Waals surface area contributed by atoms with E-state index in [2.05, 4.69) is 29.4 Å². The second kappa shape index (κ2) is 8.93. The van der Waals surface area contributed by atoms with E-state index in [0.717, 1.165) is 36.0 Å². The third-order valence-corrected chi connectivity index (χ3v) is 5.28. The molecule has 0 saturated carbocycles. The Balaban J connectivity index is 1.42. The molecule has 1 aromatic heterocycles. The summed E-state index contributed by atoms with van der Waals surface area (Å²) < 4.78 is 17.2. The topological polar surface area (TPSA) is 76.0 Å². The van der Waals surface area contributed by atoms with Gasteiger partial charge in [-0.3, -0.25) is 4.90 Å². The number of ether oxygens (including phenoxy) is 2. The zero-order chi connectivity index (χ0) is 21.1. The van der Waals surface area contributed by atoms with Crippen LogP contribution in [0.5, 0.6) is 5.75 Å². The summed E-state index contributed by atoms with van der Waals surface area (Å²) in [6, 6.07) is 11.2. The normalized spacial score (nSPS) is 17.5. The van der Waals surface area contributed by atoms with Crippen molar-refractivity contribution in [3.05, 3.63) is 36.4 Å². The van der Waals surface area contributed by atoms with E-state index >= 15 is 0 Å². The van der Waals surface area contributed by atoms with Crippen LogP contribution in [0.4, 0.5) is 10.5 Å². The van der Waals surface area contributed by atoms with Crippen molar-refractivity contribution < 1.29 is 18.7 Å². The third-order valence-electron chi connectivity index (χ3n) is 5.28. The number of hydrogen-bond donors (Lipinski definition) is 2. The van der Waals surface area contributed by atoms with Crippen molar-refractivity contribution >= 4 is 33.7 Å². The summed E-state index contributed by atoms with van der Waals surface area (Å²) in [5, 5.41) is 7.76. The minimum Gasteiger partial charge on any atom is -0.495 e. The Morgan fingerprint density at radius 3 is 2.87 bits per heavy atom. The number of benzene rings is 2. The van der Waals surface area contributed by atoms with Crippen LogP contribution in [0.15, 0.2) is 40.8 Å². The van der Waals surface area contributed by atoms with E-state index in [1.807, 2.05) is 30.3 Å². The van der Waals surface area contributed by atoms with Crippen LogP contribution in [0.1, 0.15) is 13.8 Å². The largest absolute Gasteiger partial charge is 0.495 e. The molecule has 0 radical (unpaired) electrons. The van der Waals surface area contributed by atoms with Crippen LogP contribution < -0.4 is 15.4 Å². The van der Waals surface area contributed by atoms with E-state index in [-0.39, 0.29) is 12.1 Å². The van der Waals surface area contributed by atoms with E-state index in [4.69, 9.17) is 13.9 Å². The number of carbonyl (C=O) groups excluding carboxylic acids is 1. The van der Waals surface area contributed by atoms with Gasteiger partial charge in [0, 0.05) is 43.0 Å². The van der Waals surface area contributed by atoms with Crippen molar-refractivity contribution in [3.8, 4) is 5.75 Å². The van der Waals surface area contributed by atoms with Crippen molar-refractivity contribution in [1.29, 1.82) is 0 Å². The predicted molar refractivity (Wildman–Crippen MR) is 118 cm³/mol. The predicted octanol–water partition coefficient (Wildman–Crippen LogP) is 4.07. The Labute approximate surface area is 176 Å². The first kappa shape index (κ1) is 20.5. The number of hydrogen-bond acceptors (Lipinski definition) is 5. The van der Waals surface area contributed by atoms with Crippen molar-refractivity contribution in [3.63, 3.8) is 0 Å². The lowest BCUT2D eigenvalue weighted by Crippen LogP contribution is -2.48. The molecule has 2 aromatic carbocycles. The molecule has 1 fully saturated rings. The van der Waals surface area contributed by atoms with Crippen molar-refractivity contribution in [2.24, 2.45) is 5.92 Å². The minimum atomic E-state index is -0.298. The average molecular weight is 412 g/mol. The molecule has 3 aromatic rings. The van der Waals surface area contributed by atoms with Crippen LogP contribution in [-0.4, -0.2) is 56.9 Å². The zero-order valence-corrected chi connectivity index (χ0v) is 17.7. The molecular weight excluding hydrogens is 382 g/mol. The maximum absolute atomic E-state index is 12.5. The van der Waals surface area contributed by atoms with Gasteiger partial charge in [-0.25, -0.2) is 4.79 Å². The summed E-state index contributed by atoms with van der Waals surface area (Å²) in [5.74, 6) is 1.20. The molecule has 4 rings (SSSR count). The van der Waals surface area contributed by atoms with Gasteiger partial charge in [0.15, 0.2) is 0 Å². The van der Waals surface area contributed by atoms with Gasteiger partial charge < -0.3 is 24.5 Å². The summed E-state index contributed by atoms with van der Waals surface area (Å²) in [5.41, 5.74) is 2.07. The molecule has 1 aliphatic heterocycles. The smallest absolute Gasteiger partial charge is 0.319 e. The van der Waals surface area contributed by atoms with E-state index < -0.39 is 0 Å². The molecule has 30 heavy (non-hydrogen) atoms. The second-order valence-corrected chi connectivity index (χ2v) is 8.13. The first-order valence-electron chi connectivity index (χ1n) is 10.4. The highest BCUT2D eigenvalue weighted by Gasteiger charge is 2.22. The number of methoxy groups -OCH3 is 1. The summed E-state index contributed by atoms with van der Waals surface area (Å²) >= 11 is 0. The Bertz CT molecular complexity index is 1030. The Kier molecular flexibility index (Phi) is 6.11. The lowest BCUT2D eigenvalue weighted by molar-refractivity contribution is -0.0288. The first-order valence-corrected chi connectivity index (χ1v) is 10.4. The van der Waals surface area contributed by atoms with Gasteiger partial charge in [-0.2, -0.15) is 0 Å². The van der Waals surface area contributed by atoms with Gasteiger partial charge in [-0.15, -0.1) is 0 Å². The lowest BCUT2D eigenvalue weighted by atomic mass is 10.1. The molecule has 0 bridgehead atoms. The molecule has 0 spiro atoms. The lowest BCUT2D eigenvalue weighted by Gasteiger charge is -2.33. The molecule has 2 N–H and O–H groups in total. The molecule has 1 saturated heterocycles. The molecule has 7 nitrogen and oxygen atoms in total. The monoisotopic (exact) mass is 411 g/mol. The molecule has 1 unspecified atom stereocenters. The van der Waals surface area contributed by atoms with E-state index in [1.165, 1.54) is 0 Å². The van der Waals surface area contributed by atoms with E-state index in [9.17, 15) is 4.79 Å². The maximum Gasteiger partial charge on any atom is 0.319 e. The number of nitrogens with one attached hydrogen (secondary N) is 2. The Morgan fingerprint density at radius 2 is 2.07 bits per heavy atom. The van der Waals surface area contributed by atoms with Gasteiger partial charge in [0.05, 0.1) is 25.5 Å². The van der Waals surface area contributed by atoms with E-state index in [0.29, 0.717) is 36.1 Å². The summed E-state index contributed by atoms with van der Waals surface area (Å²) in [6.45, 7) is 8.38. The van der Waals surface area contributed by atoms with Crippen LogP contribution in [0.25, 0.3) is 21.9 Å². The number of furan rings is 1. The Hall–Kier alpha value is -2.77. The highest BCUT2D eigenvalue weighted by Crippen LogP contribution is 2.36. The number of nitrogens with zero attached hydrogens (tertiary/aromatic N) is 1. The molecule has 1 aliphatic rings. The first-order chi connectivity index (χ1) is 14.5. The van der Waals surface area contributed by atoms with Gasteiger partial charge in [0.25, 0.3) is 0 Å². The number of rotatable bonds is 6. The zero-order valence-electron chi connectivity index (χ0n) is 17.7. The number of carbonyl (C=O) groups is 1. The van der Waals surface area contributed by atoms with Gasteiger partial charge in [0.2, 0.25) is 0 Å². The fourth-order valence-corrected chi connectivity index (χ4v) is 3.98. The van der Waals surface area contributed by atoms with E-state index in [1.54, 1.807) is 13.2 Å². The maximum atomic E-state index is 12.5. The third kappa shape index (κ3) is 4.52. The summed E-state index contributed by atoms with van der Waals surface area (Å²) in [6.07, 6.45) is -0.0111. The molecule has 0 aliphatic carbocycles. The number of anilines is 1. The number of amides is 2. The number of fused-ring (bicyclic) bond motifs is 3. The van der Waals surface area contributed by atoms with Crippen LogP contribution in [0.2, 0.25) is 0 Å². The summed E-state index contributed by atoms with van der Waals surface area (Å²) in [7, 11) is 1.59. The molecule has 2 heterocycles. The van der Waals surface area contributed by atoms with Crippen molar-refractivity contribution in [2.45, 2.75) is 20.0 Å². The van der Waals surface area contributed by atoms with Gasteiger partial charge >= 0.3 is 6.03 Å². The molecule has 160 valence electrons. The molecule has 2 amide bonds. The quantitative estimate of drug-likeness (QED) is 0.639. The fraction of sp³-hybridized carbons (Fsp3) is 0.435. The van der Waals surface area contributed by atoms with Crippen LogP contribution in [0, 0.1) is 5.92 Å². The van der Waals surface area contributed by atoms with Crippen molar-refractivity contribution in [2.75, 3.05) is 45.2 Å². The standard InChI is InChI=1S/C23H29N3O4/c1-15(2)13-26-8-9-29-16(14-26)12-24-23(27)25-19-11-21-18(10-22(19)28-3)17-6-4-5-7-20(17)30-21/h4-7,10-11,15-16H,8-9,12-14H2,1-3H3,(H2,24,25,27). The van der Waals surface area contributed by atoms with Gasteiger partial charge in [-0.1, -0.05) is 32.0 Å². The Morgan fingerprint density at radius 1 is 1.23 bits per heavy atom. The van der Waals surface area contributed by atoms with Crippen LogP contribution in [0.3, 0.4) is 0 Å². The molecule has 1 atom stereocenters. The average Bonchev–Trinajstić information content (AvgIpc) is 3.09. The number of urea groups is 1. The van der Waals surface area contributed by atoms with Crippen LogP contribution in [-0.2, 0) is 4.74 Å². The molecule has 7 heteroatoms. The fourth-order valence-electron chi connectivity index (χ4n) is 3.98.